The fourth-order valence-electron chi connectivity index (χ4n) is 4.19. The Labute approximate surface area is 234 Å². The molecule has 0 saturated carbocycles. The van der Waals surface area contributed by atoms with Gasteiger partial charge in [-0.15, -0.1) is 0 Å². The van der Waals surface area contributed by atoms with Crippen molar-refractivity contribution in [1.82, 2.24) is 10.2 Å². The van der Waals surface area contributed by atoms with Crippen LogP contribution >= 0.6 is 23.8 Å². The summed E-state index contributed by atoms with van der Waals surface area (Å²) in [5.41, 5.74) is 2.42. The van der Waals surface area contributed by atoms with E-state index in [1.165, 1.54) is 4.90 Å². The largest absolute Gasteiger partial charge is 0.493 e. The van der Waals surface area contributed by atoms with Crippen molar-refractivity contribution < 1.29 is 23.8 Å². The minimum Gasteiger partial charge on any atom is -0.493 e. The van der Waals surface area contributed by atoms with Crippen molar-refractivity contribution in [3.8, 4) is 11.5 Å². The standard InChI is InChI=1S/C29H33ClN2O5S/c1-7-35-23-14-13-21(30)16-20(23)15-18(5)27(33)32-26(22-11-9-10-12-24(22)37-17(3)4)25(28(34)36-8-2)19(6)31-29(32)38/h9-17,26H,7-8H2,1-6H3,(H,31,38)/b18-15+. The molecule has 3 rings (SSSR count). The molecule has 1 amide bonds. The van der Waals surface area contributed by atoms with Crippen LogP contribution in [-0.4, -0.2) is 41.2 Å². The molecular formula is C29H33ClN2O5S. The zero-order valence-corrected chi connectivity index (χ0v) is 24.0. The molecule has 1 atom stereocenters. The van der Waals surface area contributed by atoms with E-state index >= 15 is 0 Å². The average molecular weight is 557 g/mol. The SMILES string of the molecule is CCOC(=O)C1=C(C)NC(=S)N(C(=O)/C(C)=C/c2cc(Cl)ccc2OCC)C1c1ccccc1OC(C)C. The van der Waals surface area contributed by atoms with Gasteiger partial charge in [0.25, 0.3) is 5.91 Å². The molecule has 1 heterocycles. The Morgan fingerprint density at radius 2 is 1.84 bits per heavy atom. The molecule has 0 bridgehead atoms. The van der Waals surface area contributed by atoms with Gasteiger partial charge in [-0.05, 0) is 84.1 Å². The number of rotatable bonds is 9. The highest BCUT2D eigenvalue weighted by Gasteiger charge is 2.41. The van der Waals surface area contributed by atoms with Crippen molar-refractivity contribution in [2.75, 3.05) is 13.2 Å². The lowest BCUT2D eigenvalue weighted by atomic mass is 9.92. The lowest BCUT2D eigenvalue weighted by Gasteiger charge is -2.39. The van der Waals surface area contributed by atoms with Crippen LogP contribution in [0.5, 0.6) is 11.5 Å². The molecule has 9 heteroatoms. The van der Waals surface area contributed by atoms with E-state index in [4.69, 9.17) is 38.0 Å². The van der Waals surface area contributed by atoms with Crippen LogP contribution in [0, 0.1) is 0 Å². The number of hydrogen-bond donors (Lipinski definition) is 1. The fraction of sp³-hybridized carbons (Fsp3) is 0.345. The number of carbonyl (C=O) groups excluding carboxylic acids is 2. The molecule has 1 aliphatic heterocycles. The van der Waals surface area contributed by atoms with Crippen molar-refractivity contribution in [3.63, 3.8) is 0 Å². The van der Waals surface area contributed by atoms with E-state index in [9.17, 15) is 9.59 Å². The number of ether oxygens (including phenoxy) is 3. The first-order chi connectivity index (χ1) is 18.1. The summed E-state index contributed by atoms with van der Waals surface area (Å²) in [6.45, 7) is 11.5. The quantitative estimate of drug-likeness (QED) is 0.223. The zero-order chi connectivity index (χ0) is 28.0. The molecule has 0 spiro atoms. The maximum atomic E-state index is 14.1. The number of carbonyl (C=O) groups is 2. The predicted octanol–water partition coefficient (Wildman–Crippen LogP) is 6.22. The van der Waals surface area contributed by atoms with Crippen LogP contribution in [0.1, 0.15) is 58.7 Å². The first-order valence-electron chi connectivity index (χ1n) is 12.5. The van der Waals surface area contributed by atoms with Crippen LogP contribution in [0.25, 0.3) is 6.08 Å². The molecule has 2 aromatic carbocycles. The van der Waals surface area contributed by atoms with Crippen molar-refractivity contribution in [3.05, 3.63) is 75.5 Å². The molecule has 1 N–H and O–H groups in total. The predicted molar refractivity (Wildman–Crippen MR) is 153 cm³/mol. The van der Waals surface area contributed by atoms with Crippen molar-refractivity contribution in [2.45, 2.75) is 53.7 Å². The normalized spacial score (nSPS) is 15.9. The molecule has 0 aromatic heterocycles. The lowest BCUT2D eigenvalue weighted by molar-refractivity contribution is -0.139. The number of nitrogens with zero attached hydrogens (tertiary/aromatic N) is 1. The number of thiocarbonyl (C=S) groups is 1. The van der Waals surface area contributed by atoms with Crippen molar-refractivity contribution in [1.29, 1.82) is 0 Å². The number of allylic oxidation sites excluding steroid dienone is 1. The Morgan fingerprint density at radius 1 is 1.13 bits per heavy atom. The van der Waals surface area contributed by atoms with Crippen LogP contribution in [0.4, 0.5) is 0 Å². The van der Waals surface area contributed by atoms with Gasteiger partial charge in [0.2, 0.25) is 0 Å². The summed E-state index contributed by atoms with van der Waals surface area (Å²) < 4.78 is 17.2. The summed E-state index contributed by atoms with van der Waals surface area (Å²) in [6.07, 6.45) is 1.57. The maximum Gasteiger partial charge on any atom is 0.338 e. The van der Waals surface area contributed by atoms with Gasteiger partial charge < -0.3 is 19.5 Å². The van der Waals surface area contributed by atoms with E-state index in [0.717, 1.165) is 0 Å². The van der Waals surface area contributed by atoms with E-state index < -0.39 is 17.9 Å². The van der Waals surface area contributed by atoms with Gasteiger partial charge in [-0.1, -0.05) is 29.8 Å². The summed E-state index contributed by atoms with van der Waals surface area (Å²) >= 11 is 11.9. The number of esters is 1. The summed E-state index contributed by atoms with van der Waals surface area (Å²) in [5, 5.41) is 3.69. The minimum absolute atomic E-state index is 0.133. The van der Waals surface area contributed by atoms with E-state index in [2.05, 4.69) is 5.32 Å². The van der Waals surface area contributed by atoms with Crippen LogP contribution in [0.3, 0.4) is 0 Å². The second-order valence-corrected chi connectivity index (χ2v) is 9.74. The number of para-hydroxylation sites is 1. The van der Waals surface area contributed by atoms with Gasteiger partial charge in [-0.25, -0.2) is 4.79 Å². The fourth-order valence-corrected chi connectivity index (χ4v) is 4.71. The summed E-state index contributed by atoms with van der Waals surface area (Å²) in [7, 11) is 0. The van der Waals surface area contributed by atoms with Crippen LogP contribution in [-0.2, 0) is 14.3 Å². The van der Waals surface area contributed by atoms with E-state index in [-0.39, 0.29) is 23.4 Å². The van der Waals surface area contributed by atoms with Gasteiger partial charge in [0.15, 0.2) is 5.11 Å². The van der Waals surface area contributed by atoms with Gasteiger partial charge in [0.05, 0.1) is 24.9 Å². The van der Waals surface area contributed by atoms with Gasteiger partial charge in [-0.3, -0.25) is 9.69 Å². The topological polar surface area (TPSA) is 77.1 Å². The summed E-state index contributed by atoms with van der Waals surface area (Å²) in [4.78, 5) is 28.7. The average Bonchev–Trinajstić information content (AvgIpc) is 2.85. The molecule has 0 saturated heterocycles. The molecule has 38 heavy (non-hydrogen) atoms. The van der Waals surface area contributed by atoms with Gasteiger partial charge in [0.1, 0.15) is 17.5 Å². The highest BCUT2D eigenvalue weighted by molar-refractivity contribution is 7.80. The molecule has 0 radical (unpaired) electrons. The first-order valence-corrected chi connectivity index (χ1v) is 13.3. The molecular weight excluding hydrogens is 524 g/mol. The second kappa shape index (κ2) is 12.9. The Balaban J connectivity index is 2.18. The minimum atomic E-state index is -0.876. The van der Waals surface area contributed by atoms with E-state index in [0.29, 0.717) is 45.5 Å². The van der Waals surface area contributed by atoms with Gasteiger partial charge >= 0.3 is 5.97 Å². The molecule has 1 unspecified atom stereocenters. The monoisotopic (exact) mass is 556 g/mol. The highest BCUT2D eigenvalue weighted by atomic mass is 35.5. The molecule has 1 aliphatic rings. The zero-order valence-electron chi connectivity index (χ0n) is 22.5. The third-order valence-corrected chi connectivity index (χ3v) is 6.25. The Bertz CT molecular complexity index is 1290. The summed E-state index contributed by atoms with van der Waals surface area (Å²) in [6, 6.07) is 11.6. The number of hydrogen-bond acceptors (Lipinski definition) is 6. The van der Waals surface area contributed by atoms with Crippen molar-refractivity contribution >= 4 is 46.9 Å². The van der Waals surface area contributed by atoms with E-state index in [1.54, 1.807) is 45.0 Å². The molecule has 202 valence electrons. The molecule has 0 aliphatic carbocycles. The van der Waals surface area contributed by atoms with Gasteiger partial charge in [0, 0.05) is 27.4 Å². The van der Waals surface area contributed by atoms with Crippen LogP contribution in [0.15, 0.2) is 59.3 Å². The Kier molecular flexibility index (Phi) is 9.94. The molecule has 7 nitrogen and oxygen atoms in total. The maximum absolute atomic E-state index is 14.1. The molecule has 2 aromatic rings. The summed E-state index contributed by atoms with van der Waals surface area (Å²) in [5.74, 6) is 0.194. The number of amides is 1. The third kappa shape index (κ3) is 6.55. The molecule has 0 fully saturated rings. The number of halogens is 1. The number of benzene rings is 2. The Morgan fingerprint density at radius 3 is 2.50 bits per heavy atom. The third-order valence-electron chi connectivity index (χ3n) is 5.72. The number of nitrogens with one attached hydrogen (secondary N) is 1. The van der Waals surface area contributed by atoms with Crippen LogP contribution < -0.4 is 14.8 Å². The van der Waals surface area contributed by atoms with Gasteiger partial charge in [-0.2, -0.15) is 0 Å². The smallest absolute Gasteiger partial charge is 0.338 e. The van der Waals surface area contributed by atoms with Crippen molar-refractivity contribution in [2.24, 2.45) is 0 Å². The Hall–Kier alpha value is -3.36. The van der Waals surface area contributed by atoms with Crippen LogP contribution in [0.2, 0.25) is 5.02 Å². The highest BCUT2D eigenvalue weighted by Crippen LogP contribution is 2.40. The van der Waals surface area contributed by atoms with E-state index in [1.807, 2.05) is 45.0 Å². The first kappa shape index (κ1) is 29.2. The lowest BCUT2D eigenvalue weighted by Crippen LogP contribution is -2.51. The second-order valence-electron chi connectivity index (χ2n) is 8.91.